The van der Waals surface area contributed by atoms with Crippen LogP contribution in [0.25, 0.3) is 0 Å². The van der Waals surface area contributed by atoms with Crippen LogP contribution in [0.2, 0.25) is 0 Å². The molecule has 1 aliphatic heterocycles. The second-order valence-electron chi connectivity index (χ2n) is 6.09. The molecule has 5 heteroatoms. The van der Waals surface area contributed by atoms with Gasteiger partial charge in [0.15, 0.2) is 0 Å². The molecule has 3 unspecified atom stereocenters. The molecule has 1 saturated carbocycles. The summed E-state index contributed by atoms with van der Waals surface area (Å²) in [6.07, 6.45) is 7.31. The van der Waals surface area contributed by atoms with Crippen molar-refractivity contribution >= 4 is 18.3 Å². The van der Waals surface area contributed by atoms with Crippen molar-refractivity contribution in [3.63, 3.8) is 0 Å². The molecule has 1 saturated heterocycles. The lowest BCUT2D eigenvalue weighted by Gasteiger charge is -2.29. The number of amides is 1. The number of rotatable bonds is 4. The molecule has 3 N–H and O–H groups in total. The Kier molecular flexibility index (Phi) is 6.57. The molecule has 19 heavy (non-hydrogen) atoms. The van der Waals surface area contributed by atoms with Crippen LogP contribution in [0.5, 0.6) is 0 Å². The summed E-state index contributed by atoms with van der Waals surface area (Å²) < 4.78 is 5.66. The van der Waals surface area contributed by atoms with E-state index in [0.717, 1.165) is 32.3 Å². The predicted octanol–water partition coefficient (Wildman–Crippen LogP) is 2.00. The van der Waals surface area contributed by atoms with E-state index in [1.54, 1.807) is 0 Å². The SMILES string of the molecule is CC1(CNC(=O)CC2CCCCC2N)CCCO1.Cl. The number of carbonyl (C=O) groups is 1. The topological polar surface area (TPSA) is 64.4 Å². The summed E-state index contributed by atoms with van der Waals surface area (Å²) >= 11 is 0. The molecule has 112 valence electrons. The Bertz CT molecular complexity index is 293. The van der Waals surface area contributed by atoms with Crippen molar-refractivity contribution in [2.75, 3.05) is 13.2 Å². The maximum Gasteiger partial charge on any atom is 0.220 e. The summed E-state index contributed by atoms with van der Waals surface area (Å²) in [6.45, 7) is 3.53. The maximum absolute atomic E-state index is 11.9. The lowest BCUT2D eigenvalue weighted by atomic mass is 9.83. The second-order valence-corrected chi connectivity index (χ2v) is 6.09. The number of nitrogens with one attached hydrogen (secondary N) is 1. The van der Waals surface area contributed by atoms with Gasteiger partial charge in [-0.3, -0.25) is 4.79 Å². The van der Waals surface area contributed by atoms with Gasteiger partial charge in [0.05, 0.1) is 5.60 Å². The van der Waals surface area contributed by atoms with Crippen molar-refractivity contribution < 1.29 is 9.53 Å². The molecule has 3 atom stereocenters. The van der Waals surface area contributed by atoms with Crippen molar-refractivity contribution in [1.82, 2.24) is 5.32 Å². The van der Waals surface area contributed by atoms with Crippen LogP contribution in [-0.4, -0.2) is 30.7 Å². The lowest BCUT2D eigenvalue weighted by molar-refractivity contribution is -0.123. The van der Waals surface area contributed by atoms with Gasteiger partial charge in [-0.15, -0.1) is 12.4 Å². The van der Waals surface area contributed by atoms with Crippen molar-refractivity contribution in [1.29, 1.82) is 0 Å². The first kappa shape index (κ1) is 16.7. The largest absolute Gasteiger partial charge is 0.373 e. The minimum Gasteiger partial charge on any atom is -0.373 e. The zero-order chi connectivity index (χ0) is 13.0. The van der Waals surface area contributed by atoms with Crippen LogP contribution >= 0.6 is 12.4 Å². The van der Waals surface area contributed by atoms with Crippen molar-refractivity contribution in [3.05, 3.63) is 0 Å². The normalized spacial score (nSPS) is 34.6. The third-order valence-electron chi connectivity index (χ3n) is 4.38. The molecule has 0 bridgehead atoms. The van der Waals surface area contributed by atoms with Crippen LogP contribution in [0.1, 0.15) is 51.9 Å². The first-order valence-corrected chi connectivity index (χ1v) is 7.25. The summed E-state index contributed by atoms with van der Waals surface area (Å²) in [6, 6.07) is 0.211. The van der Waals surface area contributed by atoms with Crippen LogP contribution in [0.3, 0.4) is 0 Å². The molecule has 1 aliphatic carbocycles. The van der Waals surface area contributed by atoms with Crippen LogP contribution in [0, 0.1) is 5.92 Å². The Balaban J connectivity index is 0.00000180. The van der Waals surface area contributed by atoms with E-state index in [2.05, 4.69) is 12.2 Å². The molecule has 0 aromatic carbocycles. The highest BCUT2D eigenvalue weighted by Gasteiger charge is 2.31. The van der Waals surface area contributed by atoms with E-state index >= 15 is 0 Å². The van der Waals surface area contributed by atoms with Gasteiger partial charge >= 0.3 is 0 Å². The van der Waals surface area contributed by atoms with Gasteiger partial charge < -0.3 is 15.8 Å². The Morgan fingerprint density at radius 1 is 1.37 bits per heavy atom. The minimum absolute atomic E-state index is 0. The molecule has 0 spiro atoms. The highest BCUT2D eigenvalue weighted by molar-refractivity contribution is 5.85. The molecular weight excluding hydrogens is 264 g/mol. The highest BCUT2D eigenvalue weighted by atomic mass is 35.5. The zero-order valence-corrected chi connectivity index (χ0v) is 12.6. The first-order chi connectivity index (χ1) is 8.59. The van der Waals surface area contributed by atoms with E-state index in [0.29, 0.717) is 18.9 Å². The van der Waals surface area contributed by atoms with Crippen LogP contribution in [-0.2, 0) is 9.53 Å². The summed E-state index contributed by atoms with van der Waals surface area (Å²) in [5.41, 5.74) is 5.92. The van der Waals surface area contributed by atoms with Crippen LogP contribution in [0.15, 0.2) is 0 Å². The summed E-state index contributed by atoms with van der Waals surface area (Å²) in [5.74, 6) is 0.505. The average molecular weight is 291 g/mol. The van der Waals surface area contributed by atoms with E-state index in [-0.39, 0.29) is 30.0 Å². The van der Waals surface area contributed by atoms with E-state index in [1.807, 2.05) is 0 Å². The van der Waals surface area contributed by atoms with Gasteiger partial charge in [0.25, 0.3) is 0 Å². The summed E-state index contributed by atoms with van der Waals surface area (Å²) in [7, 11) is 0. The number of halogens is 1. The fourth-order valence-corrected chi connectivity index (χ4v) is 3.06. The molecule has 1 heterocycles. The fraction of sp³-hybridized carbons (Fsp3) is 0.929. The quantitative estimate of drug-likeness (QED) is 0.832. The van der Waals surface area contributed by atoms with Gasteiger partial charge in [-0.1, -0.05) is 12.8 Å². The molecule has 4 nitrogen and oxygen atoms in total. The molecule has 0 aromatic rings. The van der Waals surface area contributed by atoms with Crippen molar-refractivity contribution in [3.8, 4) is 0 Å². The van der Waals surface area contributed by atoms with Crippen LogP contribution in [0.4, 0.5) is 0 Å². The summed E-state index contributed by atoms with van der Waals surface area (Å²) in [4.78, 5) is 11.9. The lowest BCUT2D eigenvalue weighted by Crippen LogP contribution is -2.42. The number of ether oxygens (including phenoxy) is 1. The van der Waals surface area contributed by atoms with Gasteiger partial charge in [0, 0.05) is 25.6 Å². The van der Waals surface area contributed by atoms with Gasteiger partial charge in [-0.05, 0) is 38.5 Å². The first-order valence-electron chi connectivity index (χ1n) is 7.25. The number of hydrogen-bond donors (Lipinski definition) is 2. The molecule has 2 fully saturated rings. The van der Waals surface area contributed by atoms with E-state index in [9.17, 15) is 4.79 Å². The standard InChI is InChI=1S/C14H26N2O2.ClH/c1-14(7-4-8-18-14)10-16-13(17)9-11-5-2-3-6-12(11)15;/h11-12H,2-10,15H2,1H3,(H,16,17);1H. The molecule has 1 amide bonds. The number of nitrogens with two attached hydrogens (primary N) is 1. The summed E-state index contributed by atoms with van der Waals surface area (Å²) in [5, 5.41) is 3.01. The van der Waals surface area contributed by atoms with Crippen molar-refractivity contribution in [2.45, 2.75) is 63.5 Å². The van der Waals surface area contributed by atoms with Gasteiger partial charge in [0.1, 0.15) is 0 Å². The third kappa shape index (κ3) is 4.93. The van der Waals surface area contributed by atoms with Crippen molar-refractivity contribution in [2.24, 2.45) is 11.7 Å². The zero-order valence-electron chi connectivity index (χ0n) is 11.8. The van der Waals surface area contributed by atoms with E-state index in [1.165, 1.54) is 12.8 Å². The molecule has 2 rings (SSSR count). The van der Waals surface area contributed by atoms with Gasteiger partial charge in [0.2, 0.25) is 5.91 Å². The number of hydrogen-bond acceptors (Lipinski definition) is 3. The maximum atomic E-state index is 11.9. The Morgan fingerprint density at radius 2 is 2.11 bits per heavy atom. The predicted molar refractivity (Wildman–Crippen MR) is 78.4 cm³/mol. The average Bonchev–Trinajstić information content (AvgIpc) is 2.77. The van der Waals surface area contributed by atoms with Gasteiger partial charge in [-0.2, -0.15) is 0 Å². The van der Waals surface area contributed by atoms with Crippen LogP contribution < -0.4 is 11.1 Å². The third-order valence-corrected chi connectivity index (χ3v) is 4.38. The number of carbonyl (C=O) groups excluding carboxylic acids is 1. The molecule has 0 aromatic heterocycles. The molecule has 0 radical (unpaired) electrons. The minimum atomic E-state index is -0.148. The Hall–Kier alpha value is -0.320. The fourth-order valence-electron chi connectivity index (χ4n) is 3.06. The highest BCUT2D eigenvalue weighted by Crippen LogP contribution is 2.26. The molecular formula is C14H27ClN2O2. The Labute approximate surface area is 122 Å². The second kappa shape index (κ2) is 7.46. The monoisotopic (exact) mass is 290 g/mol. The van der Waals surface area contributed by atoms with E-state index in [4.69, 9.17) is 10.5 Å². The Morgan fingerprint density at radius 3 is 2.74 bits per heavy atom. The molecule has 2 aliphatic rings. The van der Waals surface area contributed by atoms with Gasteiger partial charge in [-0.25, -0.2) is 0 Å². The van der Waals surface area contributed by atoms with E-state index < -0.39 is 0 Å². The smallest absolute Gasteiger partial charge is 0.220 e.